The Morgan fingerprint density at radius 2 is 1.67 bits per heavy atom. The molecule has 0 aliphatic rings. The largest absolute Gasteiger partial charge is 0.471 e. The van der Waals surface area contributed by atoms with Crippen molar-refractivity contribution >= 4 is 11.9 Å². The summed E-state index contributed by atoms with van der Waals surface area (Å²) in [4.78, 5) is 24.1. The van der Waals surface area contributed by atoms with Gasteiger partial charge in [-0.25, -0.2) is 0 Å². The predicted molar refractivity (Wildman–Crippen MR) is 83.1 cm³/mol. The summed E-state index contributed by atoms with van der Waals surface area (Å²) < 4.78 is 43.7. The van der Waals surface area contributed by atoms with Gasteiger partial charge in [0.05, 0.1) is 12.5 Å². The van der Waals surface area contributed by atoms with Crippen molar-refractivity contribution in [1.82, 2.24) is 4.90 Å². The van der Waals surface area contributed by atoms with E-state index in [2.05, 4.69) is 0 Å². The first-order valence-electron chi connectivity index (χ1n) is 7.56. The van der Waals surface area contributed by atoms with Crippen molar-refractivity contribution < 1.29 is 27.5 Å². The molecule has 1 rings (SSSR count). The van der Waals surface area contributed by atoms with Crippen molar-refractivity contribution in [3.63, 3.8) is 0 Å². The number of carbonyl (C=O) groups is 2. The van der Waals surface area contributed by atoms with Crippen molar-refractivity contribution in [3.8, 4) is 0 Å². The first-order chi connectivity index (χ1) is 10.9. The number of halogens is 3. The van der Waals surface area contributed by atoms with Crippen LogP contribution in [0.2, 0.25) is 0 Å². The maximum Gasteiger partial charge on any atom is 0.471 e. The van der Waals surface area contributed by atoms with Crippen molar-refractivity contribution in [2.75, 3.05) is 6.54 Å². The lowest BCUT2D eigenvalue weighted by molar-refractivity contribution is -0.188. The van der Waals surface area contributed by atoms with E-state index in [-0.39, 0.29) is 13.0 Å². The van der Waals surface area contributed by atoms with Gasteiger partial charge in [0.2, 0.25) is 0 Å². The molecule has 1 amide bonds. The van der Waals surface area contributed by atoms with E-state index in [1.54, 1.807) is 51.1 Å². The van der Waals surface area contributed by atoms with E-state index in [9.17, 15) is 22.8 Å². The Bertz CT molecular complexity index is 565. The molecule has 0 heterocycles. The summed E-state index contributed by atoms with van der Waals surface area (Å²) in [5, 5.41) is 0. The Labute approximate surface area is 139 Å². The van der Waals surface area contributed by atoms with Crippen LogP contribution in [0.15, 0.2) is 30.3 Å². The van der Waals surface area contributed by atoms with Crippen LogP contribution >= 0.6 is 0 Å². The molecule has 0 aromatic heterocycles. The fourth-order valence-electron chi connectivity index (χ4n) is 2.15. The van der Waals surface area contributed by atoms with E-state index >= 15 is 0 Å². The highest BCUT2D eigenvalue weighted by atomic mass is 19.4. The third-order valence-corrected chi connectivity index (χ3v) is 3.23. The van der Waals surface area contributed by atoms with E-state index in [0.717, 1.165) is 0 Å². The molecular formula is C17H22F3NO3. The van der Waals surface area contributed by atoms with Crippen molar-refractivity contribution in [3.05, 3.63) is 35.9 Å². The zero-order chi connectivity index (χ0) is 18.5. The highest BCUT2D eigenvalue weighted by Gasteiger charge is 2.44. The number of carbonyl (C=O) groups excluding carboxylic acids is 2. The standard InChI is InChI=1S/C17H22F3NO3/c1-12(13-8-6-5-7-9-13)21(15(23)17(18,19)20)11-10-14(22)24-16(2,3)4/h5-9,12H,10-11H2,1-4H3/t12-/m0/s1. The first-order valence-corrected chi connectivity index (χ1v) is 7.56. The summed E-state index contributed by atoms with van der Waals surface area (Å²) in [6, 6.07) is 7.53. The molecule has 24 heavy (non-hydrogen) atoms. The maximum absolute atomic E-state index is 12.9. The zero-order valence-corrected chi connectivity index (χ0v) is 14.2. The van der Waals surface area contributed by atoms with E-state index in [0.29, 0.717) is 10.5 Å². The number of amides is 1. The summed E-state index contributed by atoms with van der Waals surface area (Å²) in [6.07, 6.45) is -5.31. The number of hydrogen-bond donors (Lipinski definition) is 0. The van der Waals surface area contributed by atoms with Crippen LogP contribution in [0.1, 0.15) is 45.7 Å². The van der Waals surface area contributed by atoms with Crippen LogP contribution in [0, 0.1) is 0 Å². The lowest BCUT2D eigenvalue weighted by Crippen LogP contribution is -2.43. The Morgan fingerprint density at radius 1 is 1.12 bits per heavy atom. The summed E-state index contributed by atoms with van der Waals surface area (Å²) >= 11 is 0. The molecule has 0 aliphatic carbocycles. The Kier molecular flexibility index (Phi) is 6.40. The maximum atomic E-state index is 12.9. The van der Waals surface area contributed by atoms with Crippen molar-refractivity contribution in [2.24, 2.45) is 0 Å². The first kappa shape index (κ1) is 20.0. The lowest BCUT2D eigenvalue weighted by Gasteiger charge is -2.30. The zero-order valence-electron chi connectivity index (χ0n) is 14.2. The molecule has 0 aliphatic heterocycles. The van der Waals surface area contributed by atoms with Crippen LogP contribution in [0.25, 0.3) is 0 Å². The number of ether oxygens (including phenoxy) is 1. The van der Waals surface area contributed by atoms with Gasteiger partial charge in [-0.2, -0.15) is 13.2 Å². The van der Waals surface area contributed by atoms with Crippen LogP contribution in [-0.2, 0) is 14.3 Å². The van der Waals surface area contributed by atoms with E-state index in [4.69, 9.17) is 4.74 Å². The van der Waals surface area contributed by atoms with Crippen LogP contribution < -0.4 is 0 Å². The minimum absolute atomic E-state index is 0.309. The minimum atomic E-state index is -5.00. The SMILES string of the molecule is C[C@@H](c1ccccc1)N(CCC(=O)OC(C)(C)C)C(=O)C(F)(F)F. The highest BCUT2D eigenvalue weighted by molar-refractivity contribution is 5.83. The molecule has 0 N–H and O–H groups in total. The Morgan fingerprint density at radius 3 is 2.12 bits per heavy atom. The molecule has 0 unspecified atom stereocenters. The fraction of sp³-hybridized carbons (Fsp3) is 0.529. The second-order valence-electron chi connectivity index (χ2n) is 6.42. The van der Waals surface area contributed by atoms with Gasteiger partial charge in [0.25, 0.3) is 0 Å². The predicted octanol–water partition coefficient (Wildman–Crippen LogP) is 3.87. The smallest absolute Gasteiger partial charge is 0.460 e. The molecule has 0 saturated carbocycles. The van der Waals surface area contributed by atoms with Gasteiger partial charge in [0.15, 0.2) is 0 Å². The molecule has 134 valence electrons. The second-order valence-corrected chi connectivity index (χ2v) is 6.42. The summed E-state index contributed by atoms with van der Waals surface area (Å²) in [6.45, 7) is 6.11. The molecule has 1 aromatic rings. The molecule has 0 bridgehead atoms. The van der Waals surface area contributed by atoms with Gasteiger partial charge < -0.3 is 9.64 Å². The Hall–Kier alpha value is -2.05. The lowest BCUT2D eigenvalue weighted by atomic mass is 10.1. The molecular weight excluding hydrogens is 323 g/mol. The number of hydrogen-bond acceptors (Lipinski definition) is 3. The topological polar surface area (TPSA) is 46.6 Å². The van der Waals surface area contributed by atoms with Gasteiger partial charge in [-0.3, -0.25) is 9.59 Å². The van der Waals surface area contributed by atoms with Crippen LogP contribution in [0.5, 0.6) is 0 Å². The van der Waals surface area contributed by atoms with E-state index in [1.807, 2.05) is 0 Å². The van der Waals surface area contributed by atoms with E-state index < -0.39 is 29.7 Å². The van der Waals surface area contributed by atoms with Gasteiger partial charge in [-0.1, -0.05) is 30.3 Å². The molecule has 1 aromatic carbocycles. The summed E-state index contributed by atoms with van der Waals surface area (Å²) in [5.74, 6) is -2.62. The molecule has 0 radical (unpaired) electrons. The summed E-state index contributed by atoms with van der Waals surface area (Å²) in [7, 11) is 0. The third kappa shape index (κ3) is 6.22. The number of rotatable bonds is 5. The molecule has 0 fully saturated rings. The average molecular weight is 345 g/mol. The quantitative estimate of drug-likeness (QED) is 0.761. The van der Waals surface area contributed by atoms with Gasteiger partial charge in [0.1, 0.15) is 5.60 Å². The van der Waals surface area contributed by atoms with Crippen LogP contribution in [0.3, 0.4) is 0 Å². The van der Waals surface area contributed by atoms with Crippen LogP contribution in [0.4, 0.5) is 13.2 Å². The van der Waals surface area contributed by atoms with Crippen molar-refractivity contribution in [2.45, 2.75) is 51.9 Å². The second kappa shape index (κ2) is 7.68. The molecule has 4 nitrogen and oxygen atoms in total. The number of esters is 1. The number of nitrogens with zero attached hydrogens (tertiary/aromatic N) is 1. The summed E-state index contributed by atoms with van der Waals surface area (Å²) in [5.41, 5.74) is -0.180. The average Bonchev–Trinajstić information content (AvgIpc) is 2.45. The van der Waals surface area contributed by atoms with Crippen LogP contribution in [-0.4, -0.2) is 35.1 Å². The molecule has 0 saturated heterocycles. The molecule has 7 heteroatoms. The van der Waals surface area contributed by atoms with Gasteiger partial charge >= 0.3 is 18.1 Å². The normalized spacial score (nSPS) is 13.3. The Balaban J connectivity index is 2.91. The van der Waals surface area contributed by atoms with Gasteiger partial charge in [0, 0.05) is 6.54 Å². The third-order valence-electron chi connectivity index (χ3n) is 3.23. The van der Waals surface area contributed by atoms with Crippen molar-refractivity contribution in [1.29, 1.82) is 0 Å². The monoisotopic (exact) mass is 345 g/mol. The fourth-order valence-corrected chi connectivity index (χ4v) is 2.15. The van der Waals surface area contributed by atoms with E-state index in [1.165, 1.54) is 6.92 Å². The minimum Gasteiger partial charge on any atom is -0.460 e. The number of benzene rings is 1. The molecule has 1 atom stereocenters. The van der Waals surface area contributed by atoms with Gasteiger partial charge in [-0.15, -0.1) is 0 Å². The number of alkyl halides is 3. The van der Waals surface area contributed by atoms with Gasteiger partial charge in [-0.05, 0) is 33.3 Å². The highest BCUT2D eigenvalue weighted by Crippen LogP contribution is 2.27. The molecule has 0 spiro atoms.